The van der Waals surface area contributed by atoms with E-state index in [1.807, 2.05) is 17.9 Å². The maximum absolute atomic E-state index is 13.2. The third-order valence-corrected chi connectivity index (χ3v) is 4.89. The van der Waals surface area contributed by atoms with Crippen LogP contribution in [0.15, 0.2) is 24.3 Å². The second kappa shape index (κ2) is 7.49. The smallest absolute Gasteiger partial charge is 0.317 e. The van der Waals surface area contributed by atoms with Crippen molar-refractivity contribution in [3.8, 4) is 0 Å². The van der Waals surface area contributed by atoms with Gasteiger partial charge in [0.15, 0.2) is 5.79 Å². The molecule has 2 aliphatic rings. The van der Waals surface area contributed by atoms with Gasteiger partial charge in [0.25, 0.3) is 0 Å². The molecule has 1 N–H and O–H groups in total. The molecule has 0 spiro atoms. The Morgan fingerprint density at radius 3 is 2.96 bits per heavy atom. The lowest BCUT2D eigenvalue weighted by Crippen LogP contribution is -2.51. The van der Waals surface area contributed by atoms with Gasteiger partial charge in [0.05, 0.1) is 13.2 Å². The third-order valence-electron chi connectivity index (χ3n) is 4.89. The maximum atomic E-state index is 13.2. The highest BCUT2D eigenvalue weighted by Gasteiger charge is 2.42. The summed E-state index contributed by atoms with van der Waals surface area (Å²) in [5.74, 6) is -0.620. The fourth-order valence-electron chi connectivity index (χ4n) is 3.47. The molecule has 0 unspecified atom stereocenters. The molecular weight excluding hydrogens is 311 g/mol. The molecule has 2 saturated heterocycles. The van der Waals surface area contributed by atoms with Crippen molar-refractivity contribution in [1.82, 2.24) is 10.2 Å². The average molecular weight is 336 g/mol. The van der Waals surface area contributed by atoms with E-state index in [0.29, 0.717) is 32.7 Å². The van der Waals surface area contributed by atoms with Crippen LogP contribution in [0.25, 0.3) is 0 Å². The molecule has 2 fully saturated rings. The van der Waals surface area contributed by atoms with Gasteiger partial charge in [-0.15, -0.1) is 0 Å². The minimum atomic E-state index is -0.569. The average Bonchev–Trinajstić information content (AvgIpc) is 3.03. The van der Waals surface area contributed by atoms with Crippen LogP contribution in [0.3, 0.4) is 0 Å². The summed E-state index contributed by atoms with van der Waals surface area (Å²) in [7, 11) is 0. The van der Waals surface area contributed by atoms with Crippen molar-refractivity contribution in [2.45, 2.75) is 32.0 Å². The number of carbonyl (C=O) groups is 1. The molecule has 0 saturated carbocycles. The van der Waals surface area contributed by atoms with E-state index in [-0.39, 0.29) is 17.8 Å². The van der Waals surface area contributed by atoms with Crippen LogP contribution in [0.5, 0.6) is 0 Å². The number of rotatable bonds is 4. The van der Waals surface area contributed by atoms with Crippen molar-refractivity contribution in [3.05, 3.63) is 35.6 Å². The molecule has 0 bridgehead atoms. The fraction of sp³-hybridized carbons (Fsp3) is 0.611. The monoisotopic (exact) mass is 336 g/mol. The van der Waals surface area contributed by atoms with E-state index in [9.17, 15) is 9.18 Å². The van der Waals surface area contributed by atoms with Gasteiger partial charge in [-0.25, -0.2) is 9.18 Å². The Labute approximate surface area is 142 Å². The summed E-state index contributed by atoms with van der Waals surface area (Å²) in [5.41, 5.74) is 0.882. The van der Waals surface area contributed by atoms with Crippen LogP contribution >= 0.6 is 0 Å². The molecule has 2 heterocycles. The number of ether oxygens (including phenoxy) is 2. The van der Waals surface area contributed by atoms with Gasteiger partial charge in [-0.05, 0) is 43.9 Å². The van der Waals surface area contributed by atoms with Gasteiger partial charge >= 0.3 is 6.03 Å². The Bertz CT molecular complexity index is 575. The van der Waals surface area contributed by atoms with Crippen LogP contribution in [0.4, 0.5) is 9.18 Å². The minimum absolute atomic E-state index is 0.0716. The van der Waals surface area contributed by atoms with Crippen molar-refractivity contribution in [2.75, 3.05) is 32.8 Å². The molecule has 132 valence electrons. The van der Waals surface area contributed by atoms with Crippen LogP contribution in [0.1, 0.15) is 25.3 Å². The van der Waals surface area contributed by atoms with E-state index in [2.05, 4.69) is 5.32 Å². The number of benzene rings is 1. The van der Waals surface area contributed by atoms with Crippen molar-refractivity contribution in [2.24, 2.45) is 5.92 Å². The first kappa shape index (κ1) is 17.2. The van der Waals surface area contributed by atoms with Crippen LogP contribution in [-0.4, -0.2) is 49.6 Å². The predicted molar refractivity (Wildman–Crippen MR) is 88.1 cm³/mol. The zero-order chi connectivity index (χ0) is 17.0. The second-order valence-electron chi connectivity index (χ2n) is 6.61. The Balaban J connectivity index is 1.47. The summed E-state index contributed by atoms with van der Waals surface area (Å²) in [6, 6.07) is 6.39. The molecule has 0 aromatic heterocycles. The fourth-order valence-corrected chi connectivity index (χ4v) is 3.47. The molecule has 0 radical (unpaired) electrons. The van der Waals surface area contributed by atoms with E-state index < -0.39 is 5.79 Å². The van der Waals surface area contributed by atoms with Crippen LogP contribution in [0, 0.1) is 11.7 Å². The minimum Gasteiger partial charge on any atom is -0.347 e. The molecule has 6 heteroatoms. The van der Waals surface area contributed by atoms with Gasteiger partial charge in [0.1, 0.15) is 5.82 Å². The molecule has 0 aliphatic carbocycles. The van der Waals surface area contributed by atoms with Gasteiger partial charge < -0.3 is 19.7 Å². The Hall–Kier alpha value is -1.66. The van der Waals surface area contributed by atoms with Crippen molar-refractivity contribution in [3.63, 3.8) is 0 Å². The van der Waals surface area contributed by atoms with Gasteiger partial charge in [0, 0.05) is 25.6 Å². The molecule has 1 aromatic carbocycles. The second-order valence-corrected chi connectivity index (χ2v) is 6.61. The van der Waals surface area contributed by atoms with E-state index >= 15 is 0 Å². The number of likely N-dealkylation sites (tertiary alicyclic amines) is 1. The lowest BCUT2D eigenvalue weighted by Gasteiger charge is -2.39. The normalized spacial score (nSPS) is 23.2. The highest BCUT2D eigenvalue weighted by Crippen LogP contribution is 2.34. The van der Waals surface area contributed by atoms with Crippen molar-refractivity contribution in [1.29, 1.82) is 0 Å². The Morgan fingerprint density at radius 1 is 1.42 bits per heavy atom. The van der Waals surface area contributed by atoms with Crippen LogP contribution in [-0.2, 0) is 15.9 Å². The summed E-state index contributed by atoms with van der Waals surface area (Å²) < 4.78 is 24.6. The lowest BCUT2D eigenvalue weighted by molar-refractivity contribution is -0.189. The van der Waals surface area contributed by atoms with E-state index in [1.54, 1.807) is 6.07 Å². The predicted octanol–water partition coefficient (Wildman–Crippen LogP) is 2.55. The quantitative estimate of drug-likeness (QED) is 0.919. The Kier molecular flexibility index (Phi) is 5.36. The largest absolute Gasteiger partial charge is 0.347 e. The molecule has 1 atom stereocenters. The first-order valence-corrected chi connectivity index (χ1v) is 8.62. The zero-order valence-corrected chi connectivity index (χ0v) is 14.1. The van der Waals surface area contributed by atoms with E-state index in [0.717, 1.165) is 24.9 Å². The molecule has 3 rings (SSSR count). The number of urea groups is 1. The summed E-state index contributed by atoms with van der Waals surface area (Å²) in [6.07, 6.45) is 2.57. The van der Waals surface area contributed by atoms with Gasteiger partial charge in [-0.3, -0.25) is 0 Å². The van der Waals surface area contributed by atoms with Crippen LogP contribution in [0.2, 0.25) is 0 Å². The van der Waals surface area contributed by atoms with Gasteiger partial charge in [0.2, 0.25) is 0 Å². The zero-order valence-electron chi connectivity index (χ0n) is 14.1. The van der Waals surface area contributed by atoms with Crippen molar-refractivity contribution < 1.29 is 18.7 Å². The maximum Gasteiger partial charge on any atom is 0.317 e. The highest BCUT2D eigenvalue weighted by molar-refractivity contribution is 5.74. The summed E-state index contributed by atoms with van der Waals surface area (Å²) in [6.45, 7) is 5.09. The lowest BCUT2D eigenvalue weighted by atomic mass is 9.90. The molecule has 2 amide bonds. The number of piperidine rings is 1. The van der Waals surface area contributed by atoms with Gasteiger partial charge in [-0.1, -0.05) is 12.1 Å². The summed E-state index contributed by atoms with van der Waals surface area (Å²) in [4.78, 5) is 14.2. The molecule has 1 aromatic rings. The molecule has 24 heavy (non-hydrogen) atoms. The number of hydrogen-bond donors (Lipinski definition) is 1. The third kappa shape index (κ3) is 4.05. The van der Waals surface area contributed by atoms with E-state index in [1.165, 1.54) is 12.1 Å². The first-order chi connectivity index (χ1) is 11.6. The van der Waals surface area contributed by atoms with Crippen LogP contribution < -0.4 is 5.32 Å². The SMILES string of the molecule is CC1([C@@H]2CCCN(C(=O)NCCc3cccc(F)c3)C2)OCCO1. The standard InChI is InChI=1S/C18H25FN2O3/c1-18(23-10-11-24-18)15-5-3-9-21(13-15)17(22)20-8-7-14-4-2-6-16(19)12-14/h2,4,6,12,15H,3,5,7-11,13H2,1H3,(H,20,22)/t15-/m1/s1. The van der Waals surface area contributed by atoms with Gasteiger partial charge in [-0.2, -0.15) is 0 Å². The Morgan fingerprint density at radius 2 is 2.21 bits per heavy atom. The molecular formula is C18H25FN2O3. The molecule has 5 nitrogen and oxygen atoms in total. The number of carbonyl (C=O) groups excluding carboxylic acids is 1. The summed E-state index contributed by atoms with van der Waals surface area (Å²) >= 11 is 0. The first-order valence-electron chi connectivity index (χ1n) is 8.62. The number of hydrogen-bond acceptors (Lipinski definition) is 3. The number of nitrogens with one attached hydrogen (secondary N) is 1. The summed E-state index contributed by atoms with van der Waals surface area (Å²) in [5, 5.41) is 2.93. The number of halogens is 1. The van der Waals surface area contributed by atoms with Crippen molar-refractivity contribution >= 4 is 6.03 Å². The van der Waals surface area contributed by atoms with E-state index in [4.69, 9.17) is 9.47 Å². The number of nitrogens with zero attached hydrogens (tertiary/aromatic N) is 1. The molecule has 2 aliphatic heterocycles. The topological polar surface area (TPSA) is 50.8 Å². The number of amides is 2. The highest BCUT2D eigenvalue weighted by atomic mass is 19.1.